The Bertz CT molecular complexity index is 1030. The molecule has 0 aliphatic rings. The molecule has 9 heteroatoms. The number of nitrogens with one attached hydrogen (secondary N) is 2. The van der Waals surface area contributed by atoms with E-state index in [2.05, 4.69) is 10.0 Å². The third-order valence-corrected chi connectivity index (χ3v) is 7.44. The molecule has 2 N–H and O–H groups in total. The Balaban J connectivity index is 2.00. The van der Waals surface area contributed by atoms with Crippen LogP contribution in [0.25, 0.3) is 0 Å². The Morgan fingerprint density at radius 1 is 0.964 bits per heavy atom. The van der Waals surface area contributed by atoms with Crippen molar-refractivity contribution in [3.05, 3.63) is 59.7 Å². The highest BCUT2D eigenvalue weighted by Crippen LogP contribution is 2.16. The molecular formula is C19H24N2O5S2. The molecule has 0 saturated carbocycles. The van der Waals surface area contributed by atoms with Crippen molar-refractivity contribution in [2.45, 2.75) is 30.1 Å². The smallest absolute Gasteiger partial charge is 0.251 e. The summed E-state index contributed by atoms with van der Waals surface area (Å²) in [6.45, 7) is 3.78. The second-order valence-corrected chi connectivity index (χ2v) is 10.1. The lowest BCUT2D eigenvalue weighted by molar-refractivity contribution is 0.0953. The monoisotopic (exact) mass is 424 g/mol. The van der Waals surface area contributed by atoms with Crippen LogP contribution in [0.2, 0.25) is 0 Å². The molecule has 1 amide bonds. The van der Waals surface area contributed by atoms with Gasteiger partial charge < -0.3 is 5.32 Å². The van der Waals surface area contributed by atoms with Crippen LogP contribution in [0, 0.1) is 6.92 Å². The van der Waals surface area contributed by atoms with Gasteiger partial charge in [-0.05, 0) is 43.2 Å². The maximum Gasteiger partial charge on any atom is 0.251 e. The van der Waals surface area contributed by atoms with Crippen molar-refractivity contribution in [2.24, 2.45) is 0 Å². The average molecular weight is 425 g/mol. The van der Waals surface area contributed by atoms with E-state index in [0.717, 1.165) is 0 Å². The van der Waals surface area contributed by atoms with Crippen molar-refractivity contribution in [1.82, 2.24) is 10.0 Å². The molecule has 28 heavy (non-hydrogen) atoms. The van der Waals surface area contributed by atoms with Gasteiger partial charge >= 0.3 is 0 Å². The number of carbonyl (C=O) groups excluding carboxylic acids is 1. The minimum Gasteiger partial charge on any atom is -0.352 e. The van der Waals surface area contributed by atoms with E-state index in [9.17, 15) is 21.6 Å². The Kier molecular flexibility index (Phi) is 7.34. The molecule has 0 bridgehead atoms. The summed E-state index contributed by atoms with van der Waals surface area (Å²) in [5.41, 5.74) is 0.870. The fraction of sp³-hybridized carbons (Fsp3) is 0.316. The van der Waals surface area contributed by atoms with Crippen molar-refractivity contribution in [3.63, 3.8) is 0 Å². The van der Waals surface area contributed by atoms with Gasteiger partial charge in [-0.2, -0.15) is 0 Å². The van der Waals surface area contributed by atoms with Gasteiger partial charge in [0.2, 0.25) is 10.0 Å². The highest BCUT2D eigenvalue weighted by atomic mass is 32.2. The third-order valence-electron chi connectivity index (χ3n) is 4.08. The molecule has 0 aliphatic carbocycles. The summed E-state index contributed by atoms with van der Waals surface area (Å²) < 4.78 is 51.1. The molecule has 0 radical (unpaired) electrons. The number of carbonyl (C=O) groups is 1. The van der Waals surface area contributed by atoms with Gasteiger partial charge in [-0.1, -0.05) is 31.2 Å². The Hall–Kier alpha value is -2.23. The van der Waals surface area contributed by atoms with E-state index in [1.807, 2.05) is 0 Å². The van der Waals surface area contributed by atoms with Crippen molar-refractivity contribution in [2.75, 3.05) is 18.8 Å². The van der Waals surface area contributed by atoms with E-state index in [-0.39, 0.29) is 40.6 Å². The fourth-order valence-corrected chi connectivity index (χ4v) is 4.99. The van der Waals surface area contributed by atoms with Crippen LogP contribution in [-0.4, -0.2) is 41.6 Å². The fourth-order valence-electron chi connectivity index (χ4n) is 2.59. The molecule has 0 atom stereocenters. The number of hydrogen-bond donors (Lipinski definition) is 2. The molecule has 0 aliphatic heterocycles. The highest BCUT2D eigenvalue weighted by Gasteiger charge is 2.18. The van der Waals surface area contributed by atoms with E-state index in [1.54, 1.807) is 38.1 Å². The van der Waals surface area contributed by atoms with Crippen LogP contribution in [-0.2, 0) is 19.9 Å². The predicted octanol–water partition coefficient (Wildman–Crippen LogP) is 1.89. The van der Waals surface area contributed by atoms with Gasteiger partial charge in [0.05, 0.1) is 15.5 Å². The lowest BCUT2D eigenvalue weighted by Gasteiger charge is -2.11. The molecular weight excluding hydrogens is 400 g/mol. The molecule has 0 unspecified atom stereocenters. The normalized spacial score (nSPS) is 11.9. The van der Waals surface area contributed by atoms with Crippen LogP contribution < -0.4 is 10.0 Å². The number of amides is 1. The lowest BCUT2D eigenvalue weighted by Crippen LogP contribution is -2.28. The highest BCUT2D eigenvalue weighted by molar-refractivity contribution is 7.91. The Morgan fingerprint density at radius 2 is 1.64 bits per heavy atom. The first-order chi connectivity index (χ1) is 13.2. The molecule has 0 heterocycles. The van der Waals surface area contributed by atoms with E-state index in [1.165, 1.54) is 24.3 Å². The van der Waals surface area contributed by atoms with Gasteiger partial charge in [-0.25, -0.2) is 21.6 Å². The molecule has 2 rings (SSSR count). The van der Waals surface area contributed by atoms with E-state index < -0.39 is 25.8 Å². The number of sulfonamides is 1. The number of aryl methyl sites for hydroxylation is 1. The third kappa shape index (κ3) is 5.63. The van der Waals surface area contributed by atoms with Crippen molar-refractivity contribution < 1.29 is 21.6 Å². The topological polar surface area (TPSA) is 109 Å². The molecule has 152 valence electrons. The van der Waals surface area contributed by atoms with Crippen molar-refractivity contribution in [3.8, 4) is 0 Å². The lowest BCUT2D eigenvalue weighted by atomic mass is 10.1. The molecule has 0 spiro atoms. The van der Waals surface area contributed by atoms with Crippen molar-refractivity contribution >= 4 is 25.8 Å². The van der Waals surface area contributed by atoms with E-state index in [4.69, 9.17) is 0 Å². The summed E-state index contributed by atoms with van der Waals surface area (Å²) in [6, 6.07) is 12.5. The summed E-state index contributed by atoms with van der Waals surface area (Å²) in [4.78, 5) is 12.7. The first-order valence-corrected chi connectivity index (χ1v) is 12.0. The maximum atomic E-state index is 12.4. The summed E-state index contributed by atoms with van der Waals surface area (Å²) in [7, 11) is -7.07. The molecule has 0 saturated heterocycles. The minimum atomic E-state index is -3.67. The summed E-state index contributed by atoms with van der Waals surface area (Å²) >= 11 is 0. The maximum absolute atomic E-state index is 12.4. The second kappa shape index (κ2) is 9.31. The average Bonchev–Trinajstić information content (AvgIpc) is 2.66. The van der Waals surface area contributed by atoms with Crippen LogP contribution >= 0.6 is 0 Å². The summed E-state index contributed by atoms with van der Waals surface area (Å²) in [5, 5.41) is 2.66. The number of rotatable bonds is 9. The molecule has 0 aromatic heterocycles. The van der Waals surface area contributed by atoms with E-state index >= 15 is 0 Å². The summed E-state index contributed by atoms with van der Waals surface area (Å²) in [6.07, 6.45) is 0.247. The first-order valence-electron chi connectivity index (χ1n) is 8.83. The van der Waals surface area contributed by atoms with Gasteiger partial charge in [0.1, 0.15) is 0 Å². The zero-order valence-corrected chi connectivity index (χ0v) is 17.4. The SMILES string of the molecule is CCNS(=O)(=O)c1ccc(C)c(C(=O)NCCCS(=O)(=O)c2ccccc2)c1. The van der Waals surface area contributed by atoms with Crippen LogP contribution in [0.5, 0.6) is 0 Å². The molecule has 7 nitrogen and oxygen atoms in total. The zero-order valence-electron chi connectivity index (χ0n) is 15.8. The van der Waals surface area contributed by atoms with Crippen LogP contribution in [0.3, 0.4) is 0 Å². The Morgan fingerprint density at radius 3 is 2.29 bits per heavy atom. The second-order valence-electron chi connectivity index (χ2n) is 6.22. The summed E-state index contributed by atoms with van der Waals surface area (Å²) in [5.74, 6) is -0.534. The van der Waals surface area contributed by atoms with Gasteiger partial charge in [-0.3, -0.25) is 4.79 Å². The number of sulfone groups is 1. The van der Waals surface area contributed by atoms with Gasteiger partial charge in [0.25, 0.3) is 5.91 Å². The minimum absolute atomic E-state index is 0.0109. The predicted molar refractivity (Wildman–Crippen MR) is 107 cm³/mol. The van der Waals surface area contributed by atoms with Crippen LogP contribution in [0.4, 0.5) is 0 Å². The number of benzene rings is 2. The Labute approximate surface area is 166 Å². The van der Waals surface area contributed by atoms with Gasteiger partial charge in [0, 0.05) is 18.7 Å². The molecule has 2 aromatic rings. The van der Waals surface area contributed by atoms with Gasteiger partial charge in [0.15, 0.2) is 9.84 Å². The van der Waals surface area contributed by atoms with Crippen LogP contribution in [0.15, 0.2) is 58.3 Å². The van der Waals surface area contributed by atoms with E-state index in [0.29, 0.717) is 5.56 Å². The van der Waals surface area contributed by atoms with Gasteiger partial charge in [-0.15, -0.1) is 0 Å². The zero-order chi connectivity index (χ0) is 20.8. The quantitative estimate of drug-likeness (QED) is 0.598. The van der Waals surface area contributed by atoms with Crippen molar-refractivity contribution in [1.29, 1.82) is 0 Å². The molecule has 0 fully saturated rings. The molecule has 2 aromatic carbocycles. The standard InChI is InChI=1S/C19H24N2O5S2/c1-3-21-28(25,26)17-11-10-15(2)18(14-17)19(22)20-12-7-13-27(23,24)16-8-5-4-6-9-16/h4-6,8-11,14,21H,3,7,12-13H2,1-2H3,(H,20,22). The largest absolute Gasteiger partial charge is 0.352 e. The number of hydrogen-bond acceptors (Lipinski definition) is 5. The van der Waals surface area contributed by atoms with Crippen LogP contribution in [0.1, 0.15) is 29.3 Å². The first kappa shape index (κ1) is 22.1.